The van der Waals surface area contributed by atoms with E-state index in [1.807, 2.05) is 39.1 Å². The first kappa shape index (κ1) is 17.2. The van der Waals surface area contributed by atoms with E-state index in [1.165, 1.54) is 0 Å². The van der Waals surface area contributed by atoms with E-state index in [9.17, 15) is 4.79 Å². The van der Waals surface area contributed by atoms with Crippen molar-refractivity contribution in [3.05, 3.63) is 18.3 Å². The lowest BCUT2D eigenvalue weighted by atomic mass is 9.99. The summed E-state index contributed by atoms with van der Waals surface area (Å²) >= 11 is 0. The maximum Gasteiger partial charge on any atom is 0.596 e. The molecule has 2 N–H and O–H groups in total. The molecule has 1 amide bonds. The summed E-state index contributed by atoms with van der Waals surface area (Å²) in [6.45, 7) is 7.46. The topological polar surface area (TPSA) is 71.5 Å². The van der Waals surface area contributed by atoms with Gasteiger partial charge in [0, 0.05) is 13.1 Å². The van der Waals surface area contributed by atoms with Crippen LogP contribution in [0.3, 0.4) is 0 Å². The molecule has 1 atom stereocenters. The summed E-state index contributed by atoms with van der Waals surface area (Å²) in [5.41, 5.74) is 6.23. The molecule has 0 aliphatic carbocycles. The van der Waals surface area contributed by atoms with Crippen molar-refractivity contribution < 1.29 is 14.1 Å². The van der Waals surface area contributed by atoms with Crippen molar-refractivity contribution in [3.8, 4) is 0 Å². The minimum Gasteiger partial charge on any atom is -0.406 e. The quantitative estimate of drug-likeness (QED) is 0.670. The molecule has 1 fully saturated rings. The molecule has 0 aromatic carbocycles. The van der Waals surface area contributed by atoms with Gasteiger partial charge in [0.1, 0.15) is 18.5 Å². The largest absolute Gasteiger partial charge is 0.596 e. The summed E-state index contributed by atoms with van der Waals surface area (Å²) in [4.78, 5) is 18.5. The number of hydrogen-bond donors (Lipinski definition) is 1. The molecular formula is C17H27N4O2+. The van der Waals surface area contributed by atoms with Crippen LogP contribution >= 0.6 is 0 Å². The van der Waals surface area contributed by atoms with Crippen LogP contribution in [0.4, 0.5) is 16.3 Å². The molecule has 1 unspecified atom stereocenters. The number of carbonyl (C=O) groups is 1. The van der Waals surface area contributed by atoms with Crippen LogP contribution in [0.2, 0.25) is 0 Å². The smallest absolute Gasteiger partial charge is 0.406 e. The number of aromatic nitrogens is 1. The third-order valence-electron chi connectivity index (χ3n) is 3.71. The van der Waals surface area contributed by atoms with Gasteiger partial charge in [-0.15, -0.1) is 4.58 Å². The molecule has 0 spiro atoms. The Hall–Kier alpha value is -2.11. The lowest BCUT2D eigenvalue weighted by Crippen LogP contribution is -2.38. The van der Waals surface area contributed by atoms with Crippen molar-refractivity contribution in [3.63, 3.8) is 0 Å². The number of nitrogens with two attached hydrogens (primary N) is 1. The first-order valence-electron chi connectivity index (χ1n) is 8.02. The monoisotopic (exact) mass is 319 g/mol. The molecule has 0 radical (unpaired) electrons. The number of piperidine rings is 1. The van der Waals surface area contributed by atoms with E-state index < -0.39 is 5.60 Å². The fraction of sp³-hybridized carbons (Fsp3) is 0.588. The average Bonchev–Trinajstić information content (AvgIpc) is 2.46. The van der Waals surface area contributed by atoms with Gasteiger partial charge >= 0.3 is 6.09 Å². The summed E-state index contributed by atoms with van der Waals surface area (Å²) in [7, 11) is 1.75. The molecule has 23 heavy (non-hydrogen) atoms. The second-order valence-electron chi connectivity index (χ2n) is 7.03. The number of nitrogen functional groups attached to an aromatic ring is 1. The zero-order valence-corrected chi connectivity index (χ0v) is 14.5. The predicted octanol–water partition coefficient (Wildman–Crippen LogP) is 2.53. The Bertz CT molecular complexity index is 575. The molecular weight excluding hydrogens is 292 g/mol. The van der Waals surface area contributed by atoms with Gasteiger partial charge in [-0.05, 0) is 45.7 Å². The number of hydrogen-bond acceptors (Lipinski definition) is 5. The number of nitrogens with zero attached hydrogens (tertiary/aromatic N) is 3. The van der Waals surface area contributed by atoms with Crippen LogP contribution in [-0.2, 0) is 4.74 Å². The highest BCUT2D eigenvalue weighted by Gasteiger charge is 2.27. The van der Waals surface area contributed by atoms with E-state index in [0.29, 0.717) is 11.7 Å². The highest BCUT2D eigenvalue weighted by Crippen LogP contribution is 2.22. The summed E-state index contributed by atoms with van der Waals surface area (Å²) < 4.78 is 6.94. The predicted molar refractivity (Wildman–Crippen MR) is 92.1 cm³/mol. The number of ether oxygens (including phenoxy) is 1. The molecule has 2 heterocycles. The first-order valence-corrected chi connectivity index (χ1v) is 8.02. The molecule has 1 aliphatic rings. The second kappa shape index (κ2) is 6.98. The number of rotatable bonds is 2. The molecule has 126 valence electrons. The van der Waals surface area contributed by atoms with E-state index in [2.05, 4.69) is 9.88 Å². The van der Waals surface area contributed by atoms with Crippen molar-refractivity contribution in [2.45, 2.75) is 39.2 Å². The van der Waals surface area contributed by atoms with Crippen molar-refractivity contribution in [2.75, 3.05) is 30.8 Å². The lowest BCUT2D eigenvalue weighted by molar-refractivity contribution is -0.416. The Kier molecular flexibility index (Phi) is 5.23. The second-order valence-corrected chi connectivity index (χ2v) is 7.03. The highest BCUT2D eigenvalue weighted by atomic mass is 16.6. The van der Waals surface area contributed by atoms with E-state index in [1.54, 1.807) is 17.8 Å². The van der Waals surface area contributed by atoms with Gasteiger partial charge < -0.3 is 15.4 Å². The van der Waals surface area contributed by atoms with Crippen LogP contribution in [0, 0.1) is 5.92 Å². The third-order valence-corrected chi connectivity index (χ3v) is 3.71. The molecule has 1 aromatic rings. The molecule has 1 saturated heterocycles. The normalized spacial score (nSPS) is 19.6. The van der Waals surface area contributed by atoms with Gasteiger partial charge in [-0.25, -0.2) is 4.98 Å². The summed E-state index contributed by atoms with van der Waals surface area (Å²) in [5.74, 6) is 0.831. The molecule has 6 nitrogen and oxygen atoms in total. The molecule has 1 aliphatic heterocycles. The van der Waals surface area contributed by atoms with Gasteiger partial charge in [0.15, 0.2) is 6.21 Å². The number of amides is 1. The minimum absolute atomic E-state index is 0.304. The van der Waals surface area contributed by atoms with Crippen LogP contribution < -0.4 is 10.6 Å². The van der Waals surface area contributed by atoms with Gasteiger partial charge in [-0.2, -0.15) is 4.79 Å². The van der Waals surface area contributed by atoms with Crippen LogP contribution in [0.5, 0.6) is 0 Å². The maximum absolute atomic E-state index is 12.1. The van der Waals surface area contributed by atoms with Crippen LogP contribution in [0.15, 0.2) is 18.3 Å². The molecule has 0 saturated carbocycles. The lowest BCUT2D eigenvalue weighted by Gasteiger charge is -2.31. The molecule has 6 heteroatoms. The van der Waals surface area contributed by atoms with Crippen molar-refractivity contribution in [1.29, 1.82) is 0 Å². The molecule has 2 rings (SSSR count). The van der Waals surface area contributed by atoms with E-state index in [4.69, 9.17) is 10.5 Å². The van der Waals surface area contributed by atoms with E-state index in [-0.39, 0.29) is 6.09 Å². The van der Waals surface area contributed by atoms with Crippen LogP contribution in [0.1, 0.15) is 33.6 Å². The fourth-order valence-corrected chi connectivity index (χ4v) is 2.66. The number of carbonyl (C=O) groups excluding carboxylic acids is 1. The average molecular weight is 319 g/mol. The van der Waals surface area contributed by atoms with E-state index in [0.717, 1.165) is 31.6 Å². The minimum atomic E-state index is -0.479. The third kappa shape index (κ3) is 5.23. The van der Waals surface area contributed by atoms with Crippen LogP contribution in [-0.4, -0.2) is 47.6 Å². The van der Waals surface area contributed by atoms with E-state index >= 15 is 0 Å². The molecule has 0 bridgehead atoms. The van der Waals surface area contributed by atoms with Crippen LogP contribution in [0.25, 0.3) is 0 Å². The van der Waals surface area contributed by atoms with Gasteiger partial charge in [0.05, 0.1) is 17.8 Å². The summed E-state index contributed by atoms with van der Waals surface area (Å²) in [6.07, 6.45) is 5.59. The van der Waals surface area contributed by atoms with Crippen molar-refractivity contribution in [2.24, 2.45) is 5.92 Å². The Morgan fingerprint density at radius 1 is 1.48 bits per heavy atom. The molecule has 1 aromatic heterocycles. The van der Waals surface area contributed by atoms with Gasteiger partial charge in [-0.1, -0.05) is 0 Å². The van der Waals surface area contributed by atoms with Gasteiger partial charge in [0.25, 0.3) is 0 Å². The Labute approximate surface area is 138 Å². The summed E-state index contributed by atoms with van der Waals surface area (Å²) in [5, 5.41) is 0. The van der Waals surface area contributed by atoms with Crippen molar-refractivity contribution in [1.82, 2.24) is 4.98 Å². The highest BCUT2D eigenvalue weighted by molar-refractivity contribution is 5.68. The summed E-state index contributed by atoms with van der Waals surface area (Å²) in [6, 6.07) is 3.80. The fourth-order valence-electron chi connectivity index (χ4n) is 2.66. The standard InChI is InChI=1S/C17H27N4O2/c1-17(2,3)23-16(22)20(4)11-13-6-5-9-21(12-13)14-7-8-15(18)19-10-14/h7-8,10-11,13H,5-6,9,12H2,1-4H3,(H2,18,19)/q+1/b20-11-. The zero-order chi connectivity index (χ0) is 17.0. The van der Waals surface area contributed by atoms with Gasteiger partial charge in [0.2, 0.25) is 0 Å². The Morgan fingerprint density at radius 3 is 2.83 bits per heavy atom. The zero-order valence-electron chi connectivity index (χ0n) is 14.5. The maximum atomic E-state index is 12.1. The number of anilines is 2. The van der Waals surface area contributed by atoms with Gasteiger partial charge in [-0.3, -0.25) is 0 Å². The Balaban J connectivity index is 2.01. The first-order chi connectivity index (χ1) is 10.7. The number of pyridine rings is 1. The SMILES string of the molecule is C/[N+](=C/C1CCCN(c2ccc(N)nc2)C1)C(=O)OC(C)(C)C. The van der Waals surface area contributed by atoms with Crippen molar-refractivity contribution >= 4 is 23.8 Å². The Morgan fingerprint density at radius 2 is 2.22 bits per heavy atom.